The summed E-state index contributed by atoms with van der Waals surface area (Å²) in [4.78, 5) is 3.38. The van der Waals surface area contributed by atoms with Crippen LogP contribution in [0.3, 0.4) is 0 Å². The number of alkyl halides is 3. The van der Waals surface area contributed by atoms with Crippen LogP contribution in [0.2, 0.25) is 0 Å². The Kier molecular flexibility index (Phi) is 5.93. The zero-order valence-corrected chi connectivity index (χ0v) is 18.9. The number of hydrogen-bond donors (Lipinski definition) is 0. The summed E-state index contributed by atoms with van der Waals surface area (Å²) in [5, 5.41) is 0.265. The lowest BCUT2D eigenvalue weighted by Crippen LogP contribution is -2.07. The van der Waals surface area contributed by atoms with Gasteiger partial charge in [-0.25, -0.2) is 17.2 Å². The van der Waals surface area contributed by atoms with Crippen molar-refractivity contribution in [3.05, 3.63) is 83.6 Å². The highest BCUT2D eigenvalue weighted by atomic mass is 32.2. The fraction of sp³-hybridized carbons (Fsp3) is 0.160. The second-order valence-electron chi connectivity index (χ2n) is 7.76. The maximum absolute atomic E-state index is 14.7. The molecule has 0 aliphatic rings. The van der Waals surface area contributed by atoms with Gasteiger partial charge in [0.05, 0.1) is 16.8 Å². The molecular weight excluding hydrogens is 473 g/mol. The molecule has 4 rings (SSSR count). The molecule has 0 radical (unpaired) electrons. The molecule has 0 atom stereocenters. The molecule has 3 nitrogen and oxygen atoms in total. The molecule has 176 valence electrons. The number of aryl methyl sites for hydroxylation is 1. The summed E-state index contributed by atoms with van der Waals surface area (Å²) in [6.07, 6.45) is -3.26. The van der Waals surface area contributed by atoms with Crippen molar-refractivity contribution in [2.45, 2.75) is 24.9 Å². The summed E-state index contributed by atoms with van der Waals surface area (Å²) < 4.78 is 94.0. The van der Waals surface area contributed by atoms with Gasteiger partial charge in [-0.1, -0.05) is 37.3 Å². The predicted molar refractivity (Wildman–Crippen MR) is 120 cm³/mol. The highest BCUT2D eigenvalue weighted by Crippen LogP contribution is 2.39. The van der Waals surface area contributed by atoms with E-state index in [2.05, 4.69) is 4.98 Å². The number of sulfone groups is 1. The Morgan fingerprint density at radius 3 is 2.26 bits per heavy atom. The normalized spacial score (nSPS) is 12.3. The highest BCUT2D eigenvalue weighted by molar-refractivity contribution is 7.91. The molecule has 9 heteroatoms. The number of pyridine rings is 1. The van der Waals surface area contributed by atoms with Crippen LogP contribution in [0.1, 0.15) is 18.1 Å². The van der Waals surface area contributed by atoms with Gasteiger partial charge in [0.15, 0.2) is 9.84 Å². The van der Waals surface area contributed by atoms with Gasteiger partial charge in [0.2, 0.25) is 0 Å². The van der Waals surface area contributed by atoms with Gasteiger partial charge in [0.1, 0.15) is 16.5 Å². The molecule has 3 aromatic carbocycles. The number of para-hydroxylation sites is 1. The Bertz CT molecular complexity index is 1530. The van der Waals surface area contributed by atoms with E-state index < -0.39 is 38.1 Å². The minimum Gasteiger partial charge on any atom is -0.255 e. The summed E-state index contributed by atoms with van der Waals surface area (Å²) in [6, 6.07) is 11.5. The van der Waals surface area contributed by atoms with Crippen LogP contribution in [0.5, 0.6) is 0 Å². The van der Waals surface area contributed by atoms with E-state index in [1.54, 1.807) is 19.1 Å². The van der Waals surface area contributed by atoms with E-state index in [0.29, 0.717) is 22.8 Å². The van der Waals surface area contributed by atoms with Crippen molar-refractivity contribution in [1.82, 2.24) is 4.98 Å². The molecule has 0 unspecified atom stereocenters. The predicted octanol–water partition coefficient (Wildman–Crippen LogP) is 6.97. The third-order valence-corrected chi connectivity index (χ3v) is 7.33. The van der Waals surface area contributed by atoms with Crippen LogP contribution < -0.4 is 0 Å². The standard InChI is InChI=1S/C25H18F5NO2S/c1-3-34(32,33)22-11-18(20(26)12-21(22)27)15-6-4-7-16(10-15)23-14(2)13-31-24-17(23)8-5-9-19(24)25(28,29)30/h4-13H,3H2,1-2H3. The second-order valence-corrected chi connectivity index (χ2v) is 10.0. The molecule has 0 saturated carbocycles. The van der Waals surface area contributed by atoms with E-state index in [0.717, 1.165) is 12.1 Å². The largest absolute Gasteiger partial charge is 0.418 e. The molecule has 0 N–H and O–H groups in total. The Balaban J connectivity index is 1.95. The maximum Gasteiger partial charge on any atom is 0.418 e. The number of fused-ring (bicyclic) bond motifs is 1. The Morgan fingerprint density at radius 1 is 0.912 bits per heavy atom. The summed E-state index contributed by atoms with van der Waals surface area (Å²) in [7, 11) is -3.95. The van der Waals surface area contributed by atoms with Crippen molar-refractivity contribution >= 4 is 20.7 Å². The van der Waals surface area contributed by atoms with Gasteiger partial charge in [-0.2, -0.15) is 13.2 Å². The van der Waals surface area contributed by atoms with E-state index >= 15 is 0 Å². The van der Waals surface area contributed by atoms with Gasteiger partial charge in [-0.05, 0) is 47.4 Å². The average Bonchev–Trinajstić information content (AvgIpc) is 2.77. The molecule has 1 heterocycles. The van der Waals surface area contributed by atoms with Crippen LogP contribution in [-0.4, -0.2) is 19.2 Å². The maximum atomic E-state index is 14.7. The summed E-state index contributed by atoms with van der Waals surface area (Å²) in [6.45, 7) is 3.05. The fourth-order valence-corrected chi connectivity index (χ4v) is 4.89. The lowest BCUT2D eigenvalue weighted by molar-refractivity contribution is -0.136. The van der Waals surface area contributed by atoms with Crippen LogP contribution in [0, 0.1) is 18.6 Å². The van der Waals surface area contributed by atoms with Crippen LogP contribution in [0.25, 0.3) is 33.2 Å². The number of rotatable bonds is 4. The van der Waals surface area contributed by atoms with Gasteiger partial charge in [0, 0.05) is 23.2 Å². The summed E-state index contributed by atoms with van der Waals surface area (Å²) in [5.74, 6) is -2.51. The molecule has 34 heavy (non-hydrogen) atoms. The van der Waals surface area contributed by atoms with Crippen molar-refractivity contribution in [1.29, 1.82) is 0 Å². The van der Waals surface area contributed by atoms with Gasteiger partial charge in [-0.3, -0.25) is 4.98 Å². The number of benzene rings is 3. The van der Waals surface area contributed by atoms with E-state index in [1.165, 1.54) is 37.4 Å². The summed E-state index contributed by atoms with van der Waals surface area (Å²) in [5.41, 5.74) is 0.567. The van der Waals surface area contributed by atoms with E-state index in [-0.39, 0.29) is 27.8 Å². The Hall–Kier alpha value is -3.33. The third kappa shape index (κ3) is 4.16. The number of halogens is 5. The van der Waals surface area contributed by atoms with E-state index in [1.807, 2.05) is 0 Å². The van der Waals surface area contributed by atoms with Gasteiger partial charge < -0.3 is 0 Å². The first-order valence-electron chi connectivity index (χ1n) is 10.2. The summed E-state index contributed by atoms with van der Waals surface area (Å²) >= 11 is 0. The van der Waals surface area contributed by atoms with Gasteiger partial charge in [-0.15, -0.1) is 0 Å². The first-order valence-corrected chi connectivity index (χ1v) is 11.9. The van der Waals surface area contributed by atoms with Crippen molar-refractivity contribution < 1.29 is 30.4 Å². The Labute approximate surface area is 192 Å². The van der Waals surface area contributed by atoms with Gasteiger partial charge in [0.25, 0.3) is 0 Å². The van der Waals surface area contributed by atoms with Crippen molar-refractivity contribution in [3.8, 4) is 22.3 Å². The van der Waals surface area contributed by atoms with Crippen molar-refractivity contribution in [3.63, 3.8) is 0 Å². The van der Waals surface area contributed by atoms with Crippen LogP contribution in [0.4, 0.5) is 22.0 Å². The SMILES string of the molecule is CCS(=O)(=O)c1cc(-c2cccc(-c3c(C)cnc4c(C(F)(F)F)cccc34)c2)c(F)cc1F. The lowest BCUT2D eigenvalue weighted by Gasteiger charge is -2.15. The topological polar surface area (TPSA) is 47.0 Å². The van der Waals surface area contributed by atoms with Crippen LogP contribution in [0.15, 0.2) is 65.7 Å². The molecule has 0 aliphatic heterocycles. The monoisotopic (exact) mass is 491 g/mol. The molecule has 0 bridgehead atoms. The van der Waals surface area contributed by atoms with Gasteiger partial charge >= 0.3 is 6.18 Å². The first kappa shape index (κ1) is 23.8. The number of aromatic nitrogens is 1. The zero-order valence-electron chi connectivity index (χ0n) is 18.0. The lowest BCUT2D eigenvalue weighted by atomic mass is 9.93. The molecular formula is C25H18F5NO2S. The van der Waals surface area contributed by atoms with Crippen LogP contribution in [-0.2, 0) is 16.0 Å². The Morgan fingerprint density at radius 2 is 1.59 bits per heavy atom. The number of nitrogens with zero attached hydrogens (tertiary/aromatic N) is 1. The van der Waals surface area contributed by atoms with E-state index in [9.17, 15) is 30.4 Å². The second kappa shape index (κ2) is 8.47. The molecule has 0 amide bonds. The fourth-order valence-electron chi connectivity index (χ4n) is 3.92. The third-order valence-electron chi connectivity index (χ3n) is 5.59. The smallest absolute Gasteiger partial charge is 0.255 e. The number of hydrogen-bond acceptors (Lipinski definition) is 3. The van der Waals surface area contributed by atoms with E-state index in [4.69, 9.17) is 0 Å². The quantitative estimate of drug-likeness (QED) is 0.229. The zero-order chi connectivity index (χ0) is 24.8. The molecule has 4 aromatic rings. The molecule has 0 fully saturated rings. The molecule has 1 aromatic heterocycles. The van der Waals surface area contributed by atoms with Crippen molar-refractivity contribution in [2.75, 3.05) is 5.75 Å². The molecule has 0 aliphatic carbocycles. The minimum atomic E-state index is -4.60. The van der Waals surface area contributed by atoms with Crippen molar-refractivity contribution in [2.24, 2.45) is 0 Å². The molecule has 0 spiro atoms. The highest BCUT2D eigenvalue weighted by Gasteiger charge is 2.33. The first-order chi connectivity index (χ1) is 15.9. The van der Waals surface area contributed by atoms with Crippen LogP contribution >= 0.6 is 0 Å². The average molecular weight is 491 g/mol. The molecule has 0 saturated heterocycles. The minimum absolute atomic E-state index is 0.137.